The Morgan fingerprint density at radius 1 is 0.864 bits per heavy atom. The second-order valence-corrected chi connectivity index (χ2v) is 11.7. The summed E-state index contributed by atoms with van der Waals surface area (Å²) in [7, 11) is 0. The molecule has 0 aliphatic carbocycles. The second-order valence-electron chi connectivity index (χ2n) is 9.89. The molecule has 44 heavy (non-hydrogen) atoms. The summed E-state index contributed by atoms with van der Waals surface area (Å²) >= 11 is 7.53. The highest BCUT2D eigenvalue weighted by molar-refractivity contribution is 8.00. The zero-order chi connectivity index (χ0) is 31.3. The second kappa shape index (κ2) is 16.4. The van der Waals surface area contributed by atoms with E-state index in [9.17, 15) is 14.4 Å². The van der Waals surface area contributed by atoms with Gasteiger partial charge in [-0.1, -0.05) is 55.3 Å². The summed E-state index contributed by atoms with van der Waals surface area (Å²) in [6.45, 7) is 4.62. The fourth-order valence-electron chi connectivity index (χ4n) is 3.99. The molecular formula is C35H34ClN3O4S. The van der Waals surface area contributed by atoms with Gasteiger partial charge in [-0.2, -0.15) is 0 Å². The van der Waals surface area contributed by atoms with Crippen LogP contribution in [0.5, 0.6) is 5.75 Å². The van der Waals surface area contributed by atoms with Crippen LogP contribution in [0.3, 0.4) is 0 Å². The molecule has 226 valence electrons. The molecule has 3 amide bonds. The van der Waals surface area contributed by atoms with Crippen LogP contribution in [-0.2, 0) is 9.59 Å². The van der Waals surface area contributed by atoms with Crippen LogP contribution in [-0.4, -0.2) is 29.6 Å². The van der Waals surface area contributed by atoms with Crippen LogP contribution in [0.1, 0.15) is 42.6 Å². The third-order valence-electron chi connectivity index (χ3n) is 6.37. The molecule has 4 aromatic carbocycles. The van der Waals surface area contributed by atoms with Gasteiger partial charge in [0.1, 0.15) is 11.4 Å². The lowest BCUT2D eigenvalue weighted by Crippen LogP contribution is -2.30. The normalized spacial score (nSPS) is 11.8. The molecule has 0 aromatic heterocycles. The van der Waals surface area contributed by atoms with Crippen LogP contribution in [0.2, 0.25) is 5.02 Å². The maximum atomic E-state index is 13.3. The molecular weight excluding hydrogens is 594 g/mol. The Morgan fingerprint density at radius 3 is 2.23 bits per heavy atom. The number of unbranched alkanes of at least 4 members (excludes halogenated alkanes) is 1. The summed E-state index contributed by atoms with van der Waals surface area (Å²) < 4.78 is 5.68. The molecule has 0 aliphatic rings. The van der Waals surface area contributed by atoms with E-state index in [4.69, 9.17) is 16.3 Å². The molecule has 0 fully saturated rings. The average Bonchev–Trinajstić information content (AvgIpc) is 3.03. The summed E-state index contributed by atoms with van der Waals surface area (Å²) in [6, 6.07) is 30.1. The Morgan fingerprint density at radius 2 is 1.55 bits per heavy atom. The number of carbonyl (C=O) groups excluding carboxylic acids is 3. The van der Waals surface area contributed by atoms with Crippen molar-refractivity contribution in [1.82, 2.24) is 5.32 Å². The number of rotatable bonds is 13. The van der Waals surface area contributed by atoms with E-state index >= 15 is 0 Å². The monoisotopic (exact) mass is 627 g/mol. The van der Waals surface area contributed by atoms with Crippen molar-refractivity contribution < 1.29 is 19.1 Å². The van der Waals surface area contributed by atoms with Crippen molar-refractivity contribution >= 4 is 58.5 Å². The minimum absolute atomic E-state index is 0.0606. The first-order valence-corrected chi connectivity index (χ1v) is 15.5. The summed E-state index contributed by atoms with van der Waals surface area (Å²) in [5, 5.41) is 8.63. The van der Waals surface area contributed by atoms with Crippen LogP contribution in [0.15, 0.2) is 114 Å². The fraction of sp³-hybridized carbons (Fsp3) is 0.171. The van der Waals surface area contributed by atoms with Crippen molar-refractivity contribution in [2.24, 2.45) is 0 Å². The number of thioether (sulfide) groups is 1. The molecule has 0 saturated carbocycles. The number of hydrogen-bond acceptors (Lipinski definition) is 5. The lowest BCUT2D eigenvalue weighted by molar-refractivity contribution is -0.115. The largest absolute Gasteiger partial charge is 0.494 e. The van der Waals surface area contributed by atoms with Crippen LogP contribution in [0, 0.1) is 0 Å². The van der Waals surface area contributed by atoms with Crippen LogP contribution >= 0.6 is 23.4 Å². The third kappa shape index (κ3) is 10.0. The number of ether oxygens (including phenoxy) is 1. The van der Waals surface area contributed by atoms with Gasteiger partial charge in [0.2, 0.25) is 5.91 Å². The van der Waals surface area contributed by atoms with Gasteiger partial charge in [-0.05, 0) is 97.8 Å². The van der Waals surface area contributed by atoms with Gasteiger partial charge in [-0.3, -0.25) is 14.4 Å². The smallest absolute Gasteiger partial charge is 0.272 e. The van der Waals surface area contributed by atoms with E-state index in [-0.39, 0.29) is 16.9 Å². The van der Waals surface area contributed by atoms with Gasteiger partial charge in [0.25, 0.3) is 11.8 Å². The fourth-order valence-corrected chi connectivity index (χ4v) is 5.06. The van der Waals surface area contributed by atoms with Crippen LogP contribution in [0.4, 0.5) is 11.4 Å². The number of hydrogen-bond donors (Lipinski definition) is 3. The van der Waals surface area contributed by atoms with Crippen molar-refractivity contribution in [3.63, 3.8) is 0 Å². The SMILES string of the molecule is CCCCOc1ccc(NC(=O)C(C)Sc2ccc(NC(=O)/C(=C/c3cccc(Cl)c3)NC(=O)c3ccccc3)cc2)cc1. The standard InChI is InChI=1S/C35H34ClN3O4S/c1-3-4-21-43-30-17-13-28(14-18-30)37-33(40)24(2)44-31-19-15-29(16-20-31)38-35(42)32(23-25-9-8-12-27(36)22-25)39-34(41)26-10-6-5-7-11-26/h5-20,22-24H,3-4,21H2,1-2H3,(H,37,40)(H,38,42)(H,39,41)/b32-23-. The summed E-state index contributed by atoms with van der Waals surface area (Å²) in [5.74, 6) is -0.262. The Hall–Kier alpha value is -4.53. The summed E-state index contributed by atoms with van der Waals surface area (Å²) in [5.41, 5.74) is 2.37. The summed E-state index contributed by atoms with van der Waals surface area (Å²) in [4.78, 5) is 39.8. The first-order chi connectivity index (χ1) is 21.3. The highest BCUT2D eigenvalue weighted by Crippen LogP contribution is 2.26. The lowest BCUT2D eigenvalue weighted by Gasteiger charge is -2.14. The van der Waals surface area contributed by atoms with Crippen molar-refractivity contribution in [2.75, 3.05) is 17.2 Å². The molecule has 7 nitrogen and oxygen atoms in total. The topological polar surface area (TPSA) is 96.5 Å². The number of anilines is 2. The number of amides is 3. The first kappa shape index (κ1) is 32.4. The van der Waals surface area contributed by atoms with Crippen molar-refractivity contribution in [3.05, 3.63) is 125 Å². The Kier molecular flexibility index (Phi) is 12.0. The lowest BCUT2D eigenvalue weighted by atomic mass is 10.1. The summed E-state index contributed by atoms with van der Waals surface area (Å²) in [6.07, 6.45) is 3.63. The predicted molar refractivity (Wildman–Crippen MR) is 179 cm³/mol. The third-order valence-corrected chi connectivity index (χ3v) is 7.72. The minimum Gasteiger partial charge on any atom is -0.494 e. The molecule has 0 spiro atoms. The molecule has 0 radical (unpaired) electrons. The highest BCUT2D eigenvalue weighted by Gasteiger charge is 2.17. The molecule has 4 aromatic rings. The maximum absolute atomic E-state index is 13.3. The van der Waals surface area contributed by atoms with Gasteiger partial charge >= 0.3 is 0 Å². The van der Waals surface area contributed by atoms with Gasteiger partial charge in [-0.25, -0.2) is 0 Å². The number of carbonyl (C=O) groups is 3. The minimum atomic E-state index is -0.496. The first-order valence-electron chi connectivity index (χ1n) is 14.3. The highest BCUT2D eigenvalue weighted by atomic mass is 35.5. The molecule has 3 N–H and O–H groups in total. The Bertz CT molecular complexity index is 1590. The quantitative estimate of drug-likeness (QED) is 0.0792. The Labute approximate surface area is 267 Å². The molecule has 0 saturated heterocycles. The predicted octanol–water partition coefficient (Wildman–Crippen LogP) is 8.05. The maximum Gasteiger partial charge on any atom is 0.272 e. The van der Waals surface area contributed by atoms with Gasteiger partial charge in [0.05, 0.1) is 11.9 Å². The Balaban J connectivity index is 1.36. The van der Waals surface area contributed by atoms with Gasteiger partial charge < -0.3 is 20.7 Å². The van der Waals surface area contributed by atoms with Crippen molar-refractivity contribution in [1.29, 1.82) is 0 Å². The van der Waals surface area contributed by atoms with E-state index in [0.717, 1.165) is 23.5 Å². The molecule has 1 unspecified atom stereocenters. The van der Waals surface area contributed by atoms with E-state index in [0.29, 0.717) is 34.1 Å². The van der Waals surface area contributed by atoms with E-state index in [2.05, 4.69) is 22.9 Å². The molecule has 0 heterocycles. The van der Waals surface area contributed by atoms with E-state index < -0.39 is 11.8 Å². The van der Waals surface area contributed by atoms with E-state index in [1.165, 1.54) is 11.8 Å². The molecule has 4 rings (SSSR count). The van der Waals surface area contributed by atoms with Crippen molar-refractivity contribution in [2.45, 2.75) is 36.8 Å². The van der Waals surface area contributed by atoms with Crippen molar-refractivity contribution in [3.8, 4) is 5.75 Å². The van der Waals surface area contributed by atoms with E-state index in [1.54, 1.807) is 66.7 Å². The van der Waals surface area contributed by atoms with Crippen LogP contribution < -0.4 is 20.7 Å². The zero-order valence-corrected chi connectivity index (χ0v) is 26.1. The molecule has 9 heteroatoms. The number of halogens is 1. The average molecular weight is 628 g/mol. The van der Waals surface area contributed by atoms with Crippen LogP contribution in [0.25, 0.3) is 6.08 Å². The molecule has 0 aliphatic heterocycles. The van der Waals surface area contributed by atoms with Gasteiger partial charge in [-0.15, -0.1) is 11.8 Å². The number of benzene rings is 4. The molecule has 1 atom stereocenters. The zero-order valence-electron chi connectivity index (χ0n) is 24.5. The van der Waals surface area contributed by atoms with E-state index in [1.807, 2.05) is 49.4 Å². The van der Waals surface area contributed by atoms with Gasteiger partial charge in [0.15, 0.2) is 0 Å². The van der Waals surface area contributed by atoms with Gasteiger partial charge in [0, 0.05) is 26.9 Å². The number of nitrogens with one attached hydrogen (secondary N) is 3. The molecule has 0 bridgehead atoms.